The maximum absolute atomic E-state index is 12.2. The molecule has 0 aliphatic carbocycles. The van der Waals surface area contributed by atoms with E-state index in [4.69, 9.17) is 0 Å². The van der Waals surface area contributed by atoms with E-state index in [2.05, 4.69) is 15.9 Å². The van der Waals surface area contributed by atoms with Crippen molar-refractivity contribution in [3.8, 4) is 0 Å². The first-order valence-corrected chi connectivity index (χ1v) is 6.32. The third-order valence-corrected chi connectivity index (χ3v) is 3.35. The summed E-state index contributed by atoms with van der Waals surface area (Å²) in [5, 5.41) is 0. The van der Waals surface area contributed by atoms with Crippen LogP contribution in [0.4, 0.5) is 0 Å². The molecule has 1 nitrogen and oxygen atoms in total. The fourth-order valence-electron chi connectivity index (χ4n) is 1.76. The molecule has 86 valence electrons. The Kier molecular flexibility index (Phi) is 3.75. The number of benzene rings is 2. The van der Waals surface area contributed by atoms with E-state index < -0.39 is 0 Å². The van der Waals surface area contributed by atoms with Gasteiger partial charge in [0.25, 0.3) is 0 Å². The Bertz CT molecular complexity index is 502. The van der Waals surface area contributed by atoms with Gasteiger partial charge in [-0.05, 0) is 17.7 Å². The first-order valence-electron chi connectivity index (χ1n) is 5.53. The van der Waals surface area contributed by atoms with E-state index in [0.717, 1.165) is 15.6 Å². The summed E-state index contributed by atoms with van der Waals surface area (Å²) in [5.74, 6) is 0.0566. The second-order valence-electron chi connectivity index (χ2n) is 4.00. The van der Waals surface area contributed by atoms with Crippen LogP contribution in [0.2, 0.25) is 0 Å². The zero-order valence-electron chi connectivity index (χ0n) is 9.56. The molecule has 2 heteroatoms. The molecule has 0 fully saturated rings. The van der Waals surface area contributed by atoms with Crippen LogP contribution in [0.15, 0.2) is 59.1 Å². The minimum atomic E-state index is -0.0997. The van der Waals surface area contributed by atoms with Crippen LogP contribution in [0.1, 0.15) is 28.8 Å². The summed E-state index contributed by atoms with van der Waals surface area (Å²) in [6.45, 7) is 1.94. The van der Waals surface area contributed by atoms with Gasteiger partial charge in [-0.3, -0.25) is 4.79 Å². The van der Waals surface area contributed by atoms with Crippen LogP contribution < -0.4 is 0 Å². The fraction of sp³-hybridized carbons (Fsp3) is 0.133. The van der Waals surface area contributed by atoms with Crippen molar-refractivity contribution in [2.45, 2.75) is 12.8 Å². The van der Waals surface area contributed by atoms with E-state index in [1.54, 1.807) is 0 Å². The lowest BCUT2D eigenvalue weighted by Gasteiger charge is -2.10. The van der Waals surface area contributed by atoms with Gasteiger partial charge < -0.3 is 0 Å². The lowest BCUT2D eigenvalue weighted by atomic mass is 9.92. The average Bonchev–Trinajstić information content (AvgIpc) is 2.39. The second kappa shape index (κ2) is 5.28. The van der Waals surface area contributed by atoms with Crippen LogP contribution >= 0.6 is 15.9 Å². The number of ketones is 1. The van der Waals surface area contributed by atoms with Crippen molar-refractivity contribution in [2.24, 2.45) is 0 Å². The van der Waals surface area contributed by atoms with Gasteiger partial charge in [0.2, 0.25) is 0 Å². The monoisotopic (exact) mass is 288 g/mol. The molecule has 0 saturated heterocycles. The lowest BCUT2D eigenvalue weighted by Crippen LogP contribution is -2.09. The highest BCUT2D eigenvalue weighted by Gasteiger charge is 2.16. The molecule has 0 unspecified atom stereocenters. The Balaban J connectivity index is 2.23. The molecule has 0 aromatic heterocycles. The molecule has 0 saturated carbocycles. The lowest BCUT2D eigenvalue weighted by molar-refractivity contribution is 0.0966. The minimum Gasteiger partial charge on any atom is -0.294 e. The van der Waals surface area contributed by atoms with Crippen LogP contribution in [0.5, 0.6) is 0 Å². The SMILES string of the molecule is C[C@@H](C(=O)c1ccc(Br)cc1)c1ccccc1. The van der Waals surface area contributed by atoms with Crippen LogP contribution in [-0.2, 0) is 0 Å². The summed E-state index contributed by atoms with van der Waals surface area (Å²) < 4.78 is 0.987. The van der Waals surface area contributed by atoms with E-state index in [0.29, 0.717) is 0 Å². The van der Waals surface area contributed by atoms with Crippen LogP contribution in [0, 0.1) is 0 Å². The van der Waals surface area contributed by atoms with Crippen molar-refractivity contribution >= 4 is 21.7 Å². The summed E-state index contributed by atoms with van der Waals surface area (Å²) in [4.78, 5) is 12.2. The summed E-state index contributed by atoms with van der Waals surface area (Å²) in [6, 6.07) is 17.3. The van der Waals surface area contributed by atoms with Crippen LogP contribution in [0.25, 0.3) is 0 Å². The van der Waals surface area contributed by atoms with Gasteiger partial charge in [-0.25, -0.2) is 0 Å². The third kappa shape index (κ3) is 2.83. The second-order valence-corrected chi connectivity index (χ2v) is 4.92. The highest BCUT2D eigenvalue weighted by Crippen LogP contribution is 2.21. The maximum Gasteiger partial charge on any atom is 0.170 e. The van der Waals surface area contributed by atoms with Crippen molar-refractivity contribution in [1.82, 2.24) is 0 Å². The number of hydrogen-bond acceptors (Lipinski definition) is 1. The Morgan fingerprint density at radius 3 is 2.18 bits per heavy atom. The Labute approximate surface area is 110 Å². The first-order chi connectivity index (χ1) is 8.18. The molecule has 17 heavy (non-hydrogen) atoms. The zero-order valence-corrected chi connectivity index (χ0v) is 11.1. The van der Waals surface area contributed by atoms with Crippen molar-refractivity contribution in [1.29, 1.82) is 0 Å². The van der Waals surface area contributed by atoms with E-state index in [1.165, 1.54) is 0 Å². The molecule has 0 radical (unpaired) electrons. The average molecular weight is 289 g/mol. The largest absolute Gasteiger partial charge is 0.294 e. The van der Waals surface area contributed by atoms with Gasteiger partial charge in [0.05, 0.1) is 0 Å². The van der Waals surface area contributed by atoms with Gasteiger partial charge in [0.15, 0.2) is 5.78 Å². The number of carbonyl (C=O) groups excluding carboxylic acids is 1. The minimum absolute atomic E-state index is 0.0997. The van der Waals surface area contributed by atoms with Gasteiger partial charge in [-0.2, -0.15) is 0 Å². The molecule has 0 heterocycles. The first kappa shape index (κ1) is 12.1. The molecule has 2 aromatic carbocycles. The Morgan fingerprint density at radius 1 is 1.00 bits per heavy atom. The van der Waals surface area contributed by atoms with Crippen molar-refractivity contribution < 1.29 is 4.79 Å². The maximum atomic E-state index is 12.2. The van der Waals surface area contributed by atoms with Crippen molar-refractivity contribution in [3.05, 3.63) is 70.2 Å². The molecule has 2 aromatic rings. The molecular weight excluding hydrogens is 276 g/mol. The smallest absolute Gasteiger partial charge is 0.170 e. The Hall–Kier alpha value is -1.41. The summed E-state index contributed by atoms with van der Waals surface area (Å²) >= 11 is 3.37. The molecule has 0 N–H and O–H groups in total. The molecule has 2 rings (SSSR count). The number of hydrogen-bond donors (Lipinski definition) is 0. The van der Waals surface area contributed by atoms with Gasteiger partial charge in [-0.1, -0.05) is 65.3 Å². The van der Waals surface area contributed by atoms with Gasteiger partial charge in [-0.15, -0.1) is 0 Å². The summed E-state index contributed by atoms with van der Waals surface area (Å²) in [5.41, 5.74) is 1.81. The third-order valence-electron chi connectivity index (χ3n) is 2.82. The zero-order chi connectivity index (χ0) is 12.3. The molecule has 0 amide bonds. The number of halogens is 1. The fourth-order valence-corrected chi connectivity index (χ4v) is 2.02. The van der Waals surface area contributed by atoms with Crippen molar-refractivity contribution in [2.75, 3.05) is 0 Å². The highest BCUT2D eigenvalue weighted by molar-refractivity contribution is 9.10. The van der Waals surface area contributed by atoms with Gasteiger partial charge in [0, 0.05) is 16.0 Å². The van der Waals surface area contributed by atoms with E-state index in [9.17, 15) is 4.79 Å². The predicted molar refractivity (Wildman–Crippen MR) is 73.3 cm³/mol. The number of Topliss-reactive ketones (excluding diaryl/α,β-unsaturated/α-hetero) is 1. The molecular formula is C15H13BrO. The predicted octanol–water partition coefficient (Wildman–Crippen LogP) is 4.44. The van der Waals surface area contributed by atoms with Crippen LogP contribution in [0.3, 0.4) is 0 Å². The normalized spacial score (nSPS) is 12.1. The van der Waals surface area contributed by atoms with Crippen molar-refractivity contribution in [3.63, 3.8) is 0 Å². The quantitative estimate of drug-likeness (QED) is 0.764. The summed E-state index contributed by atoms with van der Waals surface area (Å²) in [7, 11) is 0. The van der Waals surface area contributed by atoms with E-state index >= 15 is 0 Å². The van der Waals surface area contributed by atoms with Gasteiger partial charge >= 0.3 is 0 Å². The molecule has 0 aliphatic heterocycles. The topological polar surface area (TPSA) is 17.1 Å². The number of rotatable bonds is 3. The van der Waals surface area contributed by atoms with E-state index in [1.807, 2.05) is 61.5 Å². The molecule has 0 spiro atoms. The molecule has 0 bridgehead atoms. The molecule has 1 atom stereocenters. The van der Waals surface area contributed by atoms with Gasteiger partial charge in [0.1, 0.15) is 0 Å². The van der Waals surface area contributed by atoms with E-state index in [-0.39, 0.29) is 11.7 Å². The number of carbonyl (C=O) groups is 1. The standard InChI is InChI=1S/C15H13BrO/c1-11(12-5-3-2-4-6-12)15(17)13-7-9-14(16)10-8-13/h2-11H,1H3/t11-/m1/s1. The highest BCUT2D eigenvalue weighted by atomic mass is 79.9. The summed E-state index contributed by atoms with van der Waals surface area (Å²) in [6.07, 6.45) is 0. The molecule has 0 aliphatic rings. The van der Waals surface area contributed by atoms with Crippen LogP contribution in [-0.4, -0.2) is 5.78 Å². The Morgan fingerprint density at radius 2 is 1.59 bits per heavy atom.